The highest BCUT2D eigenvalue weighted by molar-refractivity contribution is 4.50. The Labute approximate surface area is 119 Å². The van der Waals surface area contributed by atoms with Crippen LogP contribution in [0.15, 0.2) is 0 Å². The lowest BCUT2D eigenvalue weighted by atomic mass is 10.1. The summed E-state index contributed by atoms with van der Waals surface area (Å²) in [6, 6.07) is 0. The monoisotopic (exact) mass is 294 g/mol. The fraction of sp³-hybridized carbons (Fsp3) is 1.00. The summed E-state index contributed by atoms with van der Waals surface area (Å²) in [5, 5.41) is 18.1. The summed E-state index contributed by atoms with van der Waals surface area (Å²) in [6.45, 7) is 8.06. The molecule has 0 radical (unpaired) electrons. The molecule has 2 unspecified atom stereocenters. The Bertz CT molecular complexity index is 262. The topological polar surface area (TPSA) is 105 Å². The second kappa shape index (κ2) is 13.8. The van der Waals surface area contributed by atoms with Crippen molar-refractivity contribution < 1.29 is 19.8 Å². The molecule has 0 spiro atoms. The third-order valence-electron chi connectivity index (χ3n) is 2.55. The fourth-order valence-electron chi connectivity index (χ4n) is 1.54. The first kappa shape index (κ1) is 20.7. The minimum absolute atomic E-state index is 0.208. The second-order valence-corrected chi connectivity index (χ2v) is 4.56. The molecule has 0 fully saturated rings. The summed E-state index contributed by atoms with van der Waals surface area (Å²) in [6.07, 6.45) is 4.20. The Morgan fingerprint density at radius 1 is 1.00 bits per heavy atom. The number of nitrogens with zero attached hydrogens (tertiary/aromatic N) is 2. The SMILES string of the molecule is CCCC(C)CO[N+](=O)[O-].CCCC(CC)O[N+](=O)[O-]. The zero-order valence-electron chi connectivity index (χ0n) is 12.7. The van der Waals surface area contributed by atoms with E-state index in [1.165, 1.54) is 0 Å². The van der Waals surface area contributed by atoms with E-state index in [1.54, 1.807) is 0 Å². The average Bonchev–Trinajstić information content (AvgIpc) is 2.36. The smallest absolute Gasteiger partial charge is 0.294 e. The van der Waals surface area contributed by atoms with Crippen LogP contribution in [0.3, 0.4) is 0 Å². The quantitative estimate of drug-likeness (QED) is 0.451. The fourth-order valence-corrected chi connectivity index (χ4v) is 1.54. The maximum atomic E-state index is 9.83. The van der Waals surface area contributed by atoms with Crippen molar-refractivity contribution in [2.24, 2.45) is 5.92 Å². The molecule has 0 amide bonds. The molecule has 0 saturated heterocycles. The van der Waals surface area contributed by atoms with E-state index in [9.17, 15) is 20.2 Å². The summed E-state index contributed by atoms with van der Waals surface area (Å²) >= 11 is 0. The molecule has 0 saturated carbocycles. The Balaban J connectivity index is 0. The molecule has 0 aromatic carbocycles. The van der Waals surface area contributed by atoms with Gasteiger partial charge in [-0.15, -0.1) is 20.2 Å². The van der Waals surface area contributed by atoms with E-state index in [1.807, 2.05) is 27.7 Å². The van der Waals surface area contributed by atoms with Crippen molar-refractivity contribution >= 4 is 0 Å². The molecule has 0 aliphatic rings. The van der Waals surface area contributed by atoms with Crippen molar-refractivity contribution in [1.29, 1.82) is 0 Å². The Morgan fingerprint density at radius 3 is 1.90 bits per heavy atom. The number of rotatable bonds is 10. The molecule has 0 rings (SSSR count). The van der Waals surface area contributed by atoms with Gasteiger partial charge in [0.25, 0.3) is 10.2 Å². The van der Waals surface area contributed by atoms with Crippen molar-refractivity contribution in [2.45, 2.75) is 65.9 Å². The van der Waals surface area contributed by atoms with E-state index in [2.05, 4.69) is 9.68 Å². The van der Waals surface area contributed by atoms with Crippen LogP contribution < -0.4 is 0 Å². The summed E-state index contributed by atoms with van der Waals surface area (Å²) < 4.78 is 0. The van der Waals surface area contributed by atoms with Gasteiger partial charge < -0.3 is 9.68 Å². The molecule has 0 heterocycles. The van der Waals surface area contributed by atoms with Crippen molar-refractivity contribution in [1.82, 2.24) is 0 Å². The van der Waals surface area contributed by atoms with Gasteiger partial charge in [-0.25, -0.2) is 0 Å². The molecule has 8 heteroatoms. The standard InChI is InChI=1S/2C6H13NO3/c1-3-4-6(2)5-10-7(8)9;1-3-5-6(4-2)10-7(8)9/h2*6H,3-5H2,1-2H3. The highest BCUT2D eigenvalue weighted by Gasteiger charge is 2.08. The normalized spacial score (nSPS) is 12.6. The van der Waals surface area contributed by atoms with Crippen LogP contribution in [0.25, 0.3) is 0 Å². The molecular formula is C12H26N2O6. The van der Waals surface area contributed by atoms with Crippen LogP contribution >= 0.6 is 0 Å². The second-order valence-electron chi connectivity index (χ2n) is 4.56. The van der Waals surface area contributed by atoms with Gasteiger partial charge in [0.15, 0.2) is 0 Å². The van der Waals surface area contributed by atoms with Crippen molar-refractivity contribution in [3.63, 3.8) is 0 Å². The van der Waals surface area contributed by atoms with E-state index in [0.717, 1.165) is 25.7 Å². The first-order valence-electron chi connectivity index (χ1n) is 6.95. The maximum Gasteiger partial charge on any atom is 0.294 e. The first-order chi connectivity index (χ1) is 9.37. The van der Waals surface area contributed by atoms with Gasteiger partial charge in [0, 0.05) is 0 Å². The molecule has 0 aliphatic carbocycles. The lowest BCUT2D eigenvalue weighted by molar-refractivity contribution is -0.768. The summed E-state index contributed by atoms with van der Waals surface area (Å²) in [5.41, 5.74) is 0. The first-order valence-corrected chi connectivity index (χ1v) is 6.95. The number of hydrogen-bond acceptors (Lipinski definition) is 6. The molecule has 0 aliphatic heterocycles. The highest BCUT2D eigenvalue weighted by Crippen LogP contribution is 2.05. The molecule has 8 nitrogen and oxygen atoms in total. The summed E-state index contributed by atoms with van der Waals surface area (Å²) in [4.78, 5) is 28.1. The predicted molar refractivity (Wildman–Crippen MR) is 74.1 cm³/mol. The van der Waals surface area contributed by atoms with E-state index in [4.69, 9.17) is 0 Å². The van der Waals surface area contributed by atoms with E-state index in [-0.39, 0.29) is 18.6 Å². The highest BCUT2D eigenvalue weighted by atomic mass is 17.0. The molecule has 2 atom stereocenters. The lowest BCUT2D eigenvalue weighted by Crippen LogP contribution is -2.15. The molecule has 0 aromatic heterocycles. The minimum Gasteiger partial charge on any atom is -0.314 e. The minimum atomic E-state index is -0.744. The maximum absolute atomic E-state index is 9.83. The molecule has 0 bridgehead atoms. The van der Waals surface area contributed by atoms with Crippen LogP contribution in [-0.2, 0) is 9.68 Å². The van der Waals surface area contributed by atoms with Crippen LogP contribution in [0.4, 0.5) is 0 Å². The van der Waals surface area contributed by atoms with Crippen molar-refractivity contribution in [3.05, 3.63) is 20.2 Å². The third-order valence-corrected chi connectivity index (χ3v) is 2.55. The average molecular weight is 294 g/mol. The summed E-state index contributed by atoms with van der Waals surface area (Å²) in [5.74, 6) is 0.287. The third kappa shape index (κ3) is 16.4. The Kier molecular flexibility index (Phi) is 14.3. The van der Waals surface area contributed by atoms with Gasteiger partial charge in [0.2, 0.25) is 0 Å². The van der Waals surface area contributed by atoms with Gasteiger partial charge in [-0.05, 0) is 25.2 Å². The molecule has 0 aromatic rings. The molecule has 120 valence electrons. The zero-order chi connectivity index (χ0) is 16.0. The van der Waals surface area contributed by atoms with Crippen LogP contribution in [-0.4, -0.2) is 22.9 Å². The van der Waals surface area contributed by atoms with Crippen molar-refractivity contribution in [2.75, 3.05) is 6.61 Å². The number of hydrogen-bond donors (Lipinski definition) is 0. The van der Waals surface area contributed by atoms with Crippen molar-refractivity contribution in [3.8, 4) is 0 Å². The Morgan fingerprint density at radius 2 is 1.55 bits per heavy atom. The molecule has 20 heavy (non-hydrogen) atoms. The molecular weight excluding hydrogens is 268 g/mol. The van der Waals surface area contributed by atoms with Gasteiger partial charge in [-0.1, -0.05) is 40.5 Å². The van der Waals surface area contributed by atoms with E-state index in [0.29, 0.717) is 6.42 Å². The van der Waals surface area contributed by atoms with Gasteiger partial charge >= 0.3 is 0 Å². The van der Waals surface area contributed by atoms with Gasteiger partial charge in [0.05, 0.1) is 6.61 Å². The van der Waals surface area contributed by atoms with Gasteiger partial charge in [-0.2, -0.15) is 0 Å². The van der Waals surface area contributed by atoms with Crippen LogP contribution in [0.2, 0.25) is 0 Å². The predicted octanol–water partition coefficient (Wildman–Crippen LogP) is 3.40. The Hall–Kier alpha value is -1.60. The van der Waals surface area contributed by atoms with E-state index >= 15 is 0 Å². The van der Waals surface area contributed by atoms with Crippen LogP contribution in [0.5, 0.6) is 0 Å². The molecule has 0 N–H and O–H groups in total. The zero-order valence-corrected chi connectivity index (χ0v) is 12.7. The largest absolute Gasteiger partial charge is 0.314 e. The lowest BCUT2D eigenvalue weighted by Gasteiger charge is -2.09. The van der Waals surface area contributed by atoms with Gasteiger partial charge in [-0.3, -0.25) is 0 Å². The van der Waals surface area contributed by atoms with Crippen LogP contribution in [0.1, 0.15) is 59.8 Å². The van der Waals surface area contributed by atoms with Crippen LogP contribution in [0, 0.1) is 26.1 Å². The van der Waals surface area contributed by atoms with E-state index < -0.39 is 10.2 Å². The van der Waals surface area contributed by atoms with Gasteiger partial charge in [0.1, 0.15) is 6.10 Å². The summed E-state index contributed by atoms with van der Waals surface area (Å²) in [7, 11) is 0.